The van der Waals surface area contributed by atoms with Crippen LogP contribution in [0.2, 0.25) is 0 Å². The van der Waals surface area contributed by atoms with Crippen LogP contribution in [0.25, 0.3) is 0 Å². The van der Waals surface area contributed by atoms with Gasteiger partial charge < -0.3 is 10.1 Å². The van der Waals surface area contributed by atoms with Crippen LogP contribution in [0, 0.1) is 0 Å². The molecule has 1 aromatic heterocycles. The third kappa shape index (κ3) is 3.16. The lowest BCUT2D eigenvalue weighted by Gasteiger charge is -2.21. The fourth-order valence-corrected chi connectivity index (χ4v) is 2.17. The van der Waals surface area contributed by atoms with Gasteiger partial charge in [-0.2, -0.15) is 0 Å². The second kappa shape index (κ2) is 5.96. The zero-order chi connectivity index (χ0) is 12.1. The monoisotopic (exact) mass is 235 g/mol. The molecule has 0 aliphatic carbocycles. The predicted molar refractivity (Wildman–Crippen MR) is 68.4 cm³/mol. The molecule has 0 radical (unpaired) electrons. The van der Waals surface area contributed by atoms with E-state index in [1.807, 2.05) is 13.1 Å². The molecule has 1 aliphatic rings. The molecule has 4 heteroatoms. The van der Waals surface area contributed by atoms with Crippen molar-refractivity contribution in [2.75, 3.05) is 25.6 Å². The van der Waals surface area contributed by atoms with Crippen LogP contribution in [0.5, 0.6) is 0 Å². The molecule has 0 saturated carbocycles. The Kier molecular flexibility index (Phi) is 4.31. The van der Waals surface area contributed by atoms with Crippen molar-refractivity contribution >= 4 is 5.82 Å². The molecule has 1 saturated heterocycles. The van der Waals surface area contributed by atoms with Gasteiger partial charge in [0.2, 0.25) is 0 Å². The molecule has 17 heavy (non-hydrogen) atoms. The van der Waals surface area contributed by atoms with Gasteiger partial charge in [0.15, 0.2) is 0 Å². The van der Waals surface area contributed by atoms with Crippen LogP contribution < -0.4 is 5.32 Å². The molecule has 4 nitrogen and oxygen atoms in total. The summed E-state index contributed by atoms with van der Waals surface area (Å²) in [7, 11) is 1.91. The second-order valence-electron chi connectivity index (χ2n) is 4.49. The Bertz CT molecular complexity index is 362. The van der Waals surface area contributed by atoms with Gasteiger partial charge in [-0.3, -0.25) is 0 Å². The third-order valence-electron chi connectivity index (χ3n) is 3.15. The van der Waals surface area contributed by atoms with E-state index >= 15 is 0 Å². The molecule has 0 bridgehead atoms. The topological polar surface area (TPSA) is 47.0 Å². The Balaban J connectivity index is 2.21. The van der Waals surface area contributed by atoms with Crippen molar-refractivity contribution in [1.82, 2.24) is 9.97 Å². The Hall–Kier alpha value is -1.16. The van der Waals surface area contributed by atoms with Crippen LogP contribution in [0.1, 0.15) is 43.6 Å². The first-order valence-electron chi connectivity index (χ1n) is 6.46. The average molecular weight is 235 g/mol. The number of hydrogen-bond donors (Lipinski definition) is 1. The molecule has 0 atom stereocenters. The van der Waals surface area contributed by atoms with E-state index in [-0.39, 0.29) is 0 Å². The predicted octanol–water partition coefficient (Wildman–Crippen LogP) is 2.36. The lowest BCUT2D eigenvalue weighted by atomic mass is 9.99. The Labute approximate surface area is 103 Å². The molecule has 0 amide bonds. The Morgan fingerprint density at radius 2 is 2.12 bits per heavy atom. The van der Waals surface area contributed by atoms with Crippen LogP contribution in [0.4, 0.5) is 5.82 Å². The molecule has 1 aromatic rings. The summed E-state index contributed by atoms with van der Waals surface area (Å²) in [5.74, 6) is 2.39. The highest BCUT2D eigenvalue weighted by atomic mass is 16.5. The zero-order valence-corrected chi connectivity index (χ0v) is 10.7. The number of nitrogens with one attached hydrogen (secondary N) is 1. The molecule has 1 fully saturated rings. The molecule has 2 heterocycles. The van der Waals surface area contributed by atoms with E-state index in [9.17, 15) is 0 Å². The van der Waals surface area contributed by atoms with Crippen molar-refractivity contribution < 1.29 is 4.74 Å². The van der Waals surface area contributed by atoms with Crippen molar-refractivity contribution in [3.63, 3.8) is 0 Å². The molecule has 1 aliphatic heterocycles. The summed E-state index contributed by atoms with van der Waals surface area (Å²) in [5.41, 5.74) is 1.15. The first kappa shape index (κ1) is 12.3. The Morgan fingerprint density at radius 1 is 1.35 bits per heavy atom. The van der Waals surface area contributed by atoms with Gasteiger partial charge in [-0.1, -0.05) is 13.3 Å². The van der Waals surface area contributed by atoms with Crippen LogP contribution >= 0.6 is 0 Å². The van der Waals surface area contributed by atoms with E-state index in [0.29, 0.717) is 5.92 Å². The molecular formula is C13H21N3O. The van der Waals surface area contributed by atoms with E-state index in [1.165, 1.54) is 0 Å². The third-order valence-corrected chi connectivity index (χ3v) is 3.15. The van der Waals surface area contributed by atoms with Gasteiger partial charge in [0.1, 0.15) is 11.6 Å². The van der Waals surface area contributed by atoms with Crippen molar-refractivity contribution in [2.45, 2.75) is 38.5 Å². The van der Waals surface area contributed by atoms with Gasteiger partial charge in [-0.25, -0.2) is 9.97 Å². The normalized spacial score (nSPS) is 17.1. The van der Waals surface area contributed by atoms with Gasteiger partial charge in [0, 0.05) is 37.9 Å². The van der Waals surface area contributed by atoms with E-state index in [2.05, 4.69) is 22.2 Å². The minimum atomic E-state index is 0.465. The number of nitrogens with zero attached hydrogens (tertiary/aromatic N) is 2. The zero-order valence-electron chi connectivity index (χ0n) is 10.7. The van der Waals surface area contributed by atoms with Crippen LogP contribution in [0.3, 0.4) is 0 Å². The van der Waals surface area contributed by atoms with Gasteiger partial charge in [0.25, 0.3) is 0 Å². The first-order chi connectivity index (χ1) is 8.33. The number of rotatable bonds is 4. The minimum absolute atomic E-state index is 0.465. The van der Waals surface area contributed by atoms with Crippen LogP contribution in [-0.2, 0) is 11.2 Å². The summed E-state index contributed by atoms with van der Waals surface area (Å²) in [4.78, 5) is 9.27. The number of hydrogen-bond acceptors (Lipinski definition) is 4. The summed E-state index contributed by atoms with van der Waals surface area (Å²) in [5, 5.41) is 3.12. The largest absolute Gasteiger partial charge is 0.381 e. The molecule has 0 unspecified atom stereocenters. The fraction of sp³-hybridized carbons (Fsp3) is 0.692. The smallest absolute Gasteiger partial charge is 0.134 e. The van der Waals surface area contributed by atoms with Gasteiger partial charge in [-0.05, 0) is 19.3 Å². The molecule has 0 aromatic carbocycles. The number of aromatic nitrogens is 2. The van der Waals surface area contributed by atoms with E-state index in [1.54, 1.807) is 0 Å². The summed E-state index contributed by atoms with van der Waals surface area (Å²) < 4.78 is 5.38. The molecule has 0 spiro atoms. The average Bonchev–Trinajstić information content (AvgIpc) is 2.40. The highest BCUT2D eigenvalue weighted by Gasteiger charge is 2.19. The summed E-state index contributed by atoms with van der Waals surface area (Å²) >= 11 is 0. The molecule has 2 rings (SSSR count). The van der Waals surface area contributed by atoms with Crippen molar-refractivity contribution in [3.8, 4) is 0 Å². The standard InChI is InChI=1S/C13H21N3O/c1-3-4-11-9-12(14-2)16-13(15-11)10-5-7-17-8-6-10/h9-10H,3-8H2,1-2H3,(H,14,15,16). The summed E-state index contributed by atoms with van der Waals surface area (Å²) in [6.07, 6.45) is 4.22. The maximum Gasteiger partial charge on any atom is 0.134 e. The number of anilines is 1. The SMILES string of the molecule is CCCc1cc(NC)nc(C2CCOCC2)n1. The maximum atomic E-state index is 5.38. The second-order valence-corrected chi connectivity index (χ2v) is 4.49. The van der Waals surface area contributed by atoms with Crippen molar-refractivity contribution in [1.29, 1.82) is 0 Å². The van der Waals surface area contributed by atoms with E-state index in [4.69, 9.17) is 4.74 Å². The van der Waals surface area contributed by atoms with E-state index < -0.39 is 0 Å². The van der Waals surface area contributed by atoms with Crippen LogP contribution in [-0.4, -0.2) is 30.2 Å². The Morgan fingerprint density at radius 3 is 2.76 bits per heavy atom. The molecule has 94 valence electrons. The number of ether oxygens (including phenoxy) is 1. The van der Waals surface area contributed by atoms with Crippen molar-refractivity contribution in [2.24, 2.45) is 0 Å². The van der Waals surface area contributed by atoms with Crippen molar-refractivity contribution in [3.05, 3.63) is 17.6 Å². The van der Waals surface area contributed by atoms with Gasteiger partial charge in [0.05, 0.1) is 0 Å². The molecule has 1 N–H and O–H groups in total. The highest BCUT2D eigenvalue weighted by Crippen LogP contribution is 2.25. The first-order valence-corrected chi connectivity index (χ1v) is 6.46. The minimum Gasteiger partial charge on any atom is -0.381 e. The van der Waals surface area contributed by atoms with Gasteiger partial charge >= 0.3 is 0 Å². The fourth-order valence-electron chi connectivity index (χ4n) is 2.17. The van der Waals surface area contributed by atoms with E-state index in [0.717, 1.165) is 56.2 Å². The lowest BCUT2D eigenvalue weighted by molar-refractivity contribution is 0.0835. The maximum absolute atomic E-state index is 5.38. The number of aryl methyl sites for hydroxylation is 1. The van der Waals surface area contributed by atoms with Crippen LogP contribution in [0.15, 0.2) is 6.07 Å². The lowest BCUT2D eigenvalue weighted by Crippen LogP contribution is -2.17. The summed E-state index contributed by atoms with van der Waals surface area (Å²) in [6.45, 7) is 3.84. The highest BCUT2D eigenvalue weighted by molar-refractivity contribution is 5.35. The molecular weight excluding hydrogens is 214 g/mol. The summed E-state index contributed by atoms with van der Waals surface area (Å²) in [6, 6.07) is 2.05. The van der Waals surface area contributed by atoms with Gasteiger partial charge in [-0.15, -0.1) is 0 Å². The quantitative estimate of drug-likeness (QED) is 0.870.